The molecule has 0 aliphatic heterocycles. The summed E-state index contributed by atoms with van der Waals surface area (Å²) in [5.74, 6) is -0.862. The van der Waals surface area contributed by atoms with E-state index in [9.17, 15) is 19.7 Å². The predicted octanol–water partition coefficient (Wildman–Crippen LogP) is 3.19. The average molecular weight is 375 g/mol. The molecule has 136 valence electrons. The lowest BCUT2D eigenvalue weighted by Gasteiger charge is -2.17. The van der Waals surface area contributed by atoms with Gasteiger partial charge in [-0.05, 0) is 12.1 Å². The first-order valence-electron chi connectivity index (χ1n) is 7.73. The standard InChI is InChI=1S/C17H17N3O5S/c1-3-9-19(15(21)10-25-16(22)4-2)17-18-14(11-26-17)12-5-7-13(8-6-12)20(23)24/h3,5-8,11H,1,4,9-10H2,2H3. The Bertz CT molecular complexity index is 816. The number of hydrogen-bond acceptors (Lipinski definition) is 7. The fourth-order valence-corrected chi connectivity index (χ4v) is 2.87. The number of carbonyl (C=O) groups is 2. The number of nitrogens with zero attached hydrogens (tertiary/aromatic N) is 3. The van der Waals surface area contributed by atoms with Crippen molar-refractivity contribution in [2.24, 2.45) is 0 Å². The summed E-state index contributed by atoms with van der Waals surface area (Å²) in [7, 11) is 0. The van der Waals surface area contributed by atoms with Crippen LogP contribution in [0, 0.1) is 10.1 Å². The maximum absolute atomic E-state index is 12.3. The summed E-state index contributed by atoms with van der Waals surface area (Å²) in [6.45, 7) is 5.12. The van der Waals surface area contributed by atoms with Crippen molar-refractivity contribution in [1.29, 1.82) is 0 Å². The lowest BCUT2D eigenvalue weighted by Crippen LogP contribution is -2.34. The predicted molar refractivity (Wildman–Crippen MR) is 98.0 cm³/mol. The van der Waals surface area contributed by atoms with Crippen LogP contribution in [0.25, 0.3) is 11.3 Å². The molecular formula is C17H17N3O5S. The third-order valence-electron chi connectivity index (χ3n) is 3.35. The Morgan fingerprint density at radius 3 is 2.65 bits per heavy atom. The van der Waals surface area contributed by atoms with Crippen LogP contribution in [-0.2, 0) is 14.3 Å². The highest BCUT2D eigenvalue weighted by molar-refractivity contribution is 7.14. The minimum absolute atomic E-state index is 0.00888. The number of ether oxygens (including phenoxy) is 1. The molecule has 26 heavy (non-hydrogen) atoms. The van der Waals surface area contributed by atoms with Crippen LogP contribution < -0.4 is 4.90 Å². The summed E-state index contributed by atoms with van der Waals surface area (Å²) in [5, 5.41) is 12.9. The van der Waals surface area contributed by atoms with Crippen LogP contribution in [0.3, 0.4) is 0 Å². The molecule has 0 bridgehead atoms. The molecule has 0 saturated heterocycles. The Hall–Kier alpha value is -3.07. The van der Waals surface area contributed by atoms with Gasteiger partial charge >= 0.3 is 5.97 Å². The van der Waals surface area contributed by atoms with E-state index < -0.39 is 16.8 Å². The fraction of sp³-hybridized carbons (Fsp3) is 0.235. The van der Waals surface area contributed by atoms with Crippen molar-refractivity contribution < 1.29 is 19.2 Å². The summed E-state index contributed by atoms with van der Waals surface area (Å²) in [6.07, 6.45) is 1.74. The average Bonchev–Trinajstić information content (AvgIpc) is 3.13. The number of rotatable bonds is 8. The van der Waals surface area contributed by atoms with E-state index in [1.165, 1.54) is 28.4 Å². The van der Waals surface area contributed by atoms with Crippen molar-refractivity contribution >= 4 is 34.0 Å². The summed E-state index contributed by atoms with van der Waals surface area (Å²) in [5.41, 5.74) is 1.28. The minimum atomic E-state index is -0.474. The summed E-state index contributed by atoms with van der Waals surface area (Å²) in [4.78, 5) is 39.6. The monoisotopic (exact) mass is 375 g/mol. The summed E-state index contributed by atoms with van der Waals surface area (Å²) < 4.78 is 4.88. The molecule has 8 nitrogen and oxygen atoms in total. The first kappa shape index (κ1) is 19.3. The maximum Gasteiger partial charge on any atom is 0.306 e. The van der Waals surface area contributed by atoms with Gasteiger partial charge in [0, 0.05) is 36.0 Å². The lowest BCUT2D eigenvalue weighted by atomic mass is 10.1. The highest BCUT2D eigenvalue weighted by atomic mass is 32.1. The molecule has 9 heteroatoms. The number of nitro groups is 1. The van der Waals surface area contributed by atoms with Crippen molar-refractivity contribution in [3.63, 3.8) is 0 Å². The number of esters is 1. The number of non-ortho nitro benzene ring substituents is 1. The number of nitro benzene ring substituents is 1. The van der Waals surface area contributed by atoms with Gasteiger partial charge in [0.15, 0.2) is 11.7 Å². The van der Waals surface area contributed by atoms with Crippen LogP contribution in [0.1, 0.15) is 13.3 Å². The van der Waals surface area contributed by atoms with Crippen LogP contribution in [0.5, 0.6) is 0 Å². The van der Waals surface area contributed by atoms with E-state index >= 15 is 0 Å². The van der Waals surface area contributed by atoms with Crippen LogP contribution in [-0.4, -0.2) is 34.9 Å². The van der Waals surface area contributed by atoms with E-state index in [-0.39, 0.29) is 25.3 Å². The number of amides is 1. The van der Waals surface area contributed by atoms with Gasteiger partial charge in [-0.15, -0.1) is 17.9 Å². The maximum atomic E-state index is 12.3. The number of hydrogen-bond donors (Lipinski definition) is 0. The van der Waals surface area contributed by atoms with Gasteiger partial charge in [0.05, 0.1) is 10.6 Å². The largest absolute Gasteiger partial charge is 0.456 e. The van der Waals surface area contributed by atoms with Gasteiger partial charge in [0.2, 0.25) is 0 Å². The lowest BCUT2D eigenvalue weighted by molar-refractivity contribution is -0.384. The smallest absolute Gasteiger partial charge is 0.306 e. The van der Waals surface area contributed by atoms with Crippen LogP contribution >= 0.6 is 11.3 Å². The van der Waals surface area contributed by atoms with E-state index in [4.69, 9.17) is 4.74 Å². The Morgan fingerprint density at radius 1 is 1.38 bits per heavy atom. The molecule has 0 unspecified atom stereocenters. The quantitative estimate of drug-likeness (QED) is 0.304. The van der Waals surface area contributed by atoms with E-state index in [0.29, 0.717) is 16.4 Å². The van der Waals surface area contributed by atoms with Crippen LogP contribution in [0.4, 0.5) is 10.8 Å². The molecule has 0 spiro atoms. The molecule has 1 heterocycles. The third kappa shape index (κ3) is 4.73. The number of anilines is 1. The van der Waals surface area contributed by atoms with Crippen LogP contribution in [0.2, 0.25) is 0 Å². The Morgan fingerprint density at radius 2 is 2.08 bits per heavy atom. The second kappa shape index (κ2) is 8.86. The van der Waals surface area contributed by atoms with E-state index in [1.807, 2.05) is 0 Å². The number of aromatic nitrogens is 1. The van der Waals surface area contributed by atoms with Crippen molar-refractivity contribution in [3.8, 4) is 11.3 Å². The minimum Gasteiger partial charge on any atom is -0.456 e. The zero-order valence-corrected chi connectivity index (χ0v) is 14.9. The summed E-state index contributed by atoms with van der Waals surface area (Å²) in [6, 6.07) is 5.98. The molecule has 2 aromatic rings. The summed E-state index contributed by atoms with van der Waals surface area (Å²) >= 11 is 1.24. The number of carbonyl (C=O) groups excluding carboxylic acids is 2. The first-order chi connectivity index (χ1) is 12.5. The van der Waals surface area contributed by atoms with Crippen LogP contribution in [0.15, 0.2) is 42.3 Å². The normalized spacial score (nSPS) is 10.2. The van der Waals surface area contributed by atoms with Crippen molar-refractivity contribution in [1.82, 2.24) is 4.98 Å². The first-order valence-corrected chi connectivity index (χ1v) is 8.61. The van der Waals surface area contributed by atoms with E-state index in [0.717, 1.165) is 0 Å². The highest BCUT2D eigenvalue weighted by Gasteiger charge is 2.20. The van der Waals surface area contributed by atoms with Gasteiger partial charge in [-0.3, -0.25) is 24.6 Å². The molecule has 0 fully saturated rings. The zero-order chi connectivity index (χ0) is 19.1. The van der Waals surface area contributed by atoms with Gasteiger partial charge in [-0.25, -0.2) is 4.98 Å². The van der Waals surface area contributed by atoms with Crippen molar-refractivity contribution in [2.45, 2.75) is 13.3 Å². The molecule has 0 saturated carbocycles. The molecule has 1 aromatic carbocycles. The van der Waals surface area contributed by atoms with Gasteiger partial charge in [-0.2, -0.15) is 0 Å². The molecule has 0 N–H and O–H groups in total. The zero-order valence-electron chi connectivity index (χ0n) is 14.1. The number of thiazole rings is 1. The van der Waals surface area contributed by atoms with E-state index in [2.05, 4.69) is 11.6 Å². The van der Waals surface area contributed by atoms with Gasteiger partial charge < -0.3 is 4.74 Å². The third-order valence-corrected chi connectivity index (χ3v) is 4.22. The van der Waals surface area contributed by atoms with E-state index in [1.54, 1.807) is 30.5 Å². The second-order valence-electron chi connectivity index (χ2n) is 5.13. The molecular weight excluding hydrogens is 358 g/mol. The fourth-order valence-electron chi connectivity index (χ4n) is 2.01. The highest BCUT2D eigenvalue weighted by Crippen LogP contribution is 2.28. The topological polar surface area (TPSA) is 103 Å². The molecule has 2 rings (SSSR count). The molecule has 0 atom stereocenters. The molecule has 1 aromatic heterocycles. The SMILES string of the molecule is C=CCN(C(=O)COC(=O)CC)c1nc(-c2ccc([N+](=O)[O-])cc2)cs1. The molecule has 0 radical (unpaired) electrons. The Labute approximate surface area is 153 Å². The number of benzene rings is 1. The van der Waals surface area contributed by atoms with Crippen molar-refractivity contribution in [2.75, 3.05) is 18.1 Å². The van der Waals surface area contributed by atoms with Crippen molar-refractivity contribution in [3.05, 3.63) is 52.4 Å². The molecule has 0 aliphatic rings. The van der Waals surface area contributed by atoms with Gasteiger partial charge in [0.25, 0.3) is 11.6 Å². The Balaban J connectivity index is 2.17. The molecule has 0 aliphatic carbocycles. The Kier molecular flexibility index (Phi) is 6.56. The second-order valence-corrected chi connectivity index (χ2v) is 5.96. The van der Waals surface area contributed by atoms with Gasteiger partial charge in [0.1, 0.15) is 0 Å². The molecule has 1 amide bonds. The van der Waals surface area contributed by atoms with Gasteiger partial charge in [-0.1, -0.05) is 13.0 Å².